The standard InChI is InChI=1S/C24H33N.C3H4O/c1-3-4-5-6-19-7-9-20(10-8-19)21-11-13-22(14-12-21)23-15-17-24(25-2)18-16-23;1-2-3-4/h11-20,25H,3-10H2,1-2H3;2-3H,1H2. The normalized spacial score (nSPS) is 18.3. The van der Waals surface area contributed by atoms with Crippen molar-refractivity contribution in [1.29, 1.82) is 0 Å². The van der Waals surface area contributed by atoms with E-state index >= 15 is 0 Å². The second-order valence-electron chi connectivity index (χ2n) is 8.03. The first-order valence-electron chi connectivity index (χ1n) is 11.2. The fourth-order valence-corrected chi connectivity index (χ4v) is 4.24. The van der Waals surface area contributed by atoms with Crippen LogP contribution in [0, 0.1) is 5.92 Å². The molecule has 1 aliphatic carbocycles. The quantitative estimate of drug-likeness (QED) is 0.285. The Bertz CT molecular complexity index is 703. The van der Waals surface area contributed by atoms with E-state index < -0.39 is 0 Å². The number of hydrogen-bond donors (Lipinski definition) is 1. The van der Waals surface area contributed by atoms with Gasteiger partial charge in [0.05, 0.1) is 0 Å². The Morgan fingerprint density at radius 1 is 0.931 bits per heavy atom. The minimum atomic E-state index is 0.639. The fraction of sp³-hybridized carbons (Fsp3) is 0.444. The summed E-state index contributed by atoms with van der Waals surface area (Å²) in [6.07, 6.45) is 13.1. The molecule has 2 nitrogen and oxygen atoms in total. The van der Waals surface area contributed by atoms with Crippen molar-refractivity contribution in [3.63, 3.8) is 0 Å². The van der Waals surface area contributed by atoms with Crippen molar-refractivity contribution >= 4 is 12.0 Å². The largest absolute Gasteiger partial charge is 0.388 e. The van der Waals surface area contributed by atoms with Crippen molar-refractivity contribution in [2.45, 2.75) is 64.2 Å². The lowest BCUT2D eigenvalue weighted by Crippen LogP contribution is -2.13. The summed E-state index contributed by atoms with van der Waals surface area (Å²) in [4.78, 5) is 9.06. The van der Waals surface area contributed by atoms with Crippen molar-refractivity contribution in [3.05, 3.63) is 66.7 Å². The lowest BCUT2D eigenvalue weighted by Gasteiger charge is -2.29. The highest BCUT2D eigenvalue weighted by molar-refractivity contribution is 5.66. The van der Waals surface area contributed by atoms with Crippen LogP contribution in [-0.2, 0) is 4.79 Å². The summed E-state index contributed by atoms with van der Waals surface area (Å²) in [6.45, 7) is 5.41. The van der Waals surface area contributed by atoms with E-state index in [1.165, 1.54) is 68.6 Å². The molecule has 2 heteroatoms. The van der Waals surface area contributed by atoms with E-state index in [9.17, 15) is 0 Å². The number of carbonyl (C=O) groups excluding carboxylic acids is 1. The molecule has 156 valence electrons. The summed E-state index contributed by atoms with van der Waals surface area (Å²) in [5.41, 5.74) is 5.32. The lowest BCUT2D eigenvalue weighted by molar-refractivity contribution is -0.104. The maximum atomic E-state index is 9.06. The zero-order valence-corrected chi connectivity index (χ0v) is 18.2. The van der Waals surface area contributed by atoms with Gasteiger partial charge < -0.3 is 5.32 Å². The predicted octanol–water partition coefficient (Wildman–Crippen LogP) is 7.62. The summed E-state index contributed by atoms with van der Waals surface area (Å²) < 4.78 is 0. The van der Waals surface area contributed by atoms with E-state index in [1.54, 1.807) is 5.56 Å². The molecule has 1 aliphatic rings. The SMILES string of the molecule is C=CC=O.CCCCCC1CCC(c2ccc(-c3ccc(NC)cc3)cc2)CC1. The maximum Gasteiger partial charge on any atom is 0.142 e. The minimum Gasteiger partial charge on any atom is -0.388 e. The highest BCUT2D eigenvalue weighted by Crippen LogP contribution is 2.38. The van der Waals surface area contributed by atoms with Crippen LogP contribution >= 0.6 is 0 Å². The molecule has 0 aromatic heterocycles. The molecule has 2 aromatic rings. The van der Waals surface area contributed by atoms with Gasteiger partial charge in [-0.1, -0.05) is 75.6 Å². The van der Waals surface area contributed by atoms with Gasteiger partial charge >= 0.3 is 0 Å². The molecule has 29 heavy (non-hydrogen) atoms. The van der Waals surface area contributed by atoms with Crippen LogP contribution in [-0.4, -0.2) is 13.3 Å². The number of hydrogen-bond acceptors (Lipinski definition) is 2. The summed E-state index contributed by atoms with van der Waals surface area (Å²) in [6, 6.07) is 18.0. The van der Waals surface area contributed by atoms with Crippen molar-refractivity contribution in [1.82, 2.24) is 0 Å². The van der Waals surface area contributed by atoms with E-state index in [0.29, 0.717) is 6.29 Å². The maximum absolute atomic E-state index is 9.06. The van der Waals surface area contributed by atoms with Gasteiger partial charge in [-0.15, -0.1) is 0 Å². The predicted molar refractivity (Wildman–Crippen MR) is 127 cm³/mol. The van der Waals surface area contributed by atoms with Gasteiger partial charge in [0, 0.05) is 12.7 Å². The van der Waals surface area contributed by atoms with E-state index in [2.05, 4.69) is 67.4 Å². The average molecular weight is 392 g/mol. The summed E-state index contributed by atoms with van der Waals surface area (Å²) in [5, 5.41) is 3.18. The molecule has 0 unspecified atom stereocenters. The summed E-state index contributed by atoms with van der Waals surface area (Å²) in [5.74, 6) is 1.77. The number of allylic oxidation sites excluding steroid dienone is 1. The first-order chi connectivity index (χ1) is 14.2. The number of carbonyl (C=O) groups is 1. The molecule has 1 N–H and O–H groups in total. The van der Waals surface area contributed by atoms with E-state index in [4.69, 9.17) is 4.79 Å². The van der Waals surface area contributed by atoms with Crippen molar-refractivity contribution in [2.75, 3.05) is 12.4 Å². The van der Waals surface area contributed by atoms with Crippen LogP contribution in [0.3, 0.4) is 0 Å². The monoisotopic (exact) mass is 391 g/mol. The van der Waals surface area contributed by atoms with Crippen LogP contribution in [0.15, 0.2) is 61.2 Å². The second-order valence-corrected chi connectivity index (χ2v) is 8.03. The van der Waals surface area contributed by atoms with Gasteiger partial charge in [0.1, 0.15) is 6.29 Å². The topological polar surface area (TPSA) is 29.1 Å². The van der Waals surface area contributed by atoms with Crippen LogP contribution in [0.5, 0.6) is 0 Å². The number of rotatable bonds is 8. The van der Waals surface area contributed by atoms with Gasteiger partial charge in [-0.25, -0.2) is 0 Å². The fourth-order valence-electron chi connectivity index (χ4n) is 4.24. The van der Waals surface area contributed by atoms with Gasteiger partial charge in [-0.3, -0.25) is 4.79 Å². The molecule has 0 heterocycles. The molecule has 0 aliphatic heterocycles. The van der Waals surface area contributed by atoms with Crippen molar-refractivity contribution in [3.8, 4) is 11.1 Å². The van der Waals surface area contributed by atoms with Crippen LogP contribution in [0.25, 0.3) is 11.1 Å². The van der Waals surface area contributed by atoms with Crippen molar-refractivity contribution in [2.24, 2.45) is 5.92 Å². The Balaban J connectivity index is 0.000000687. The molecule has 0 amide bonds. The highest BCUT2D eigenvalue weighted by atomic mass is 16.1. The Hall–Kier alpha value is -2.35. The second kappa shape index (κ2) is 13.0. The molecule has 1 fully saturated rings. The molecular formula is C27H37NO. The van der Waals surface area contributed by atoms with Gasteiger partial charge in [0.2, 0.25) is 0 Å². The number of aldehydes is 1. The zero-order valence-electron chi connectivity index (χ0n) is 18.2. The summed E-state index contributed by atoms with van der Waals surface area (Å²) >= 11 is 0. The molecule has 0 saturated heterocycles. The lowest BCUT2D eigenvalue weighted by atomic mass is 9.77. The first kappa shape index (κ1) is 22.9. The third kappa shape index (κ3) is 7.53. The Morgan fingerprint density at radius 2 is 1.48 bits per heavy atom. The molecular weight excluding hydrogens is 354 g/mol. The number of benzene rings is 2. The van der Waals surface area contributed by atoms with Gasteiger partial charge in [0.15, 0.2) is 0 Å². The average Bonchev–Trinajstić information content (AvgIpc) is 2.80. The van der Waals surface area contributed by atoms with E-state index in [0.717, 1.165) is 17.5 Å². The third-order valence-corrected chi connectivity index (χ3v) is 6.05. The van der Waals surface area contributed by atoms with Gasteiger partial charge in [-0.05, 0) is 72.4 Å². The Kier molecular flexibility index (Phi) is 10.3. The minimum absolute atomic E-state index is 0.639. The highest BCUT2D eigenvalue weighted by Gasteiger charge is 2.21. The summed E-state index contributed by atoms with van der Waals surface area (Å²) in [7, 11) is 1.96. The molecule has 0 bridgehead atoms. The smallest absolute Gasteiger partial charge is 0.142 e. The molecule has 2 aromatic carbocycles. The number of anilines is 1. The zero-order chi connectivity index (χ0) is 20.9. The van der Waals surface area contributed by atoms with Crippen LogP contribution in [0.1, 0.15) is 69.8 Å². The number of unbranched alkanes of at least 4 members (excludes halogenated alkanes) is 2. The molecule has 0 radical (unpaired) electrons. The van der Waals surface area contributed by atoms with E-state index in [1.807, 2.05) is 7.05 Å². The molecule has 3 rings (SSSR count). The Morgan fingerprint density at radius 3 is 1.97 bits per heavy atom. The van der Waals surface area contributed by atoms with Crippen LogP contribution in [0.2, 0.25) is 0 Å². The third-order valence-electron chi connectivity index (χ3n) is 6.05. The molecule has 0 atom stereocenters. The van der Waals surface area contributed by atoms with Gasteiger partial charge in [0.25, 0.3) is 0 Å². The van der Waals surface area contributed by atoms with Crippen LogP contribution < -0.4 is 5.32 Å². The Labute approximate surface area is 177 Å². The first-order valence-corrected chi connectivity index (χ1v) is 11.2. The van der Waals surface area contributed by atoms with Crippen molar-refractivity contribution < 1.29 is 4.79 Å². The molecule has 0 spiro atoms. The van der Waals surface area contributed by atoms with Crippen LogP contribution in [0.4, 0.5) is 5.69 Å². The van der Waals surface area contributed by atoms with E-state index in [-0.39, 0.29) is 0 Å². The molecule has 1 saturated carbocycles. The van der Waals surface area contributed by atoms with Gasteiger partial charge in [-0.2, -0.15) is 0 Å². The number of nitrogens with one attached hydrogen (secondary N) is 1.